The first-order chi connectivity index (χ1) is 18.7. The molecule has 0 bridgehead atoms. The highest BCUT2D eigenvalue weighted by Crippen LogP contribution is 2.30. The van der Waals surface area contributed by atoms with Crippen molar-refractivity contribution in [1.29, 1.82) is 0 Å². The number of amidine groups is 1. The van der Waals surface area contributed by atoms with Crippen LogP contribution in [0.1, 0.15) is 63.4 Å². The van der Waals surface area contributed by atoms with Gasteiger partial charge in [-0.15, -0.1) is 0 Å². The molecular formula is C29H43ClN4O4. The van der Waals surface area contributed by atoms with E-state index >= 15 is 0 Å². The van der Waals surface area contributed by atoms with Crippen LogP contribution in [0.5, 0.6) is 0 Å². The Hall–Kier alpha value is -1.84. The molecule has 8 nitrogen and oxygen atoms in total. The van der Waals surface area contributed by atoms with Crippen LogP contribution in [-0.2, 0) is 25.5 Å². The molecule has 0 aromatic heterocycles. The van der Waals surface area contributed by atoms with Crippen molar-refractivity contribution in [3.63, 3.8) is 0 Å². The zero-order valence-electron chi connectivity index (χ0n) is 22.7. The maximum atomic E-state index is 6.31. The van der Waals surface area contributed by atoms with Gasteiger partial charge in [-0.3, -0.25) is 0 Å². The summed E-state index contributed by atoms with van der Waals surface area (Å²) in [5.41, 5.74) is 2.25. The molecule has 2 atom stereocenters. The molecular weight excluding hydrogens is 504 g/mol. The predicted molar refractivity (Wildman–Crippen MR) is 149 cm³/mol. The van der Waals surface area contributed by atoms with Crippen LogP contribution in [0.4, 0.5) is 0 Å². The van der Waals surface area contributed by atoms with Gasteiger partial charge in [-0.25, -0.2) is 4.99 Å². The van der Waals surface area contributed by atoms with E-state index in [2.05, 4.69) is 40.1 Å². The van der Waals surface area contributed by atoms with Crippen molar-refractivity contribution in [2.75, 3.05) is 46.7 Å². The van der Waals surface area contributed by atoms with E-state index < -0.39 is 0 Å². The Bertz CT molecular complexity index is 931. The summed E-state index contributed by atoms with van der Waals surface area (Å²) in [7, 11) is 2.10. The van der Waals surface area contributed by atoms with Gasteiger partial charge in [0, 0.05) is 38.0 Å². The molecule has 0 amide bonds. The second kappa shape index (κ2) is 14.0. The number of nitrogens with zero attached hydrogens (tertiary/aromatic N) is 4. The quantitative estimate of drug-likeness (QED) is 0.335. The second-order valence-corrected chi connectivity index (χ2v) is 11.2. The van der Waals surface area contributed by atoms with E-state index in [1.165, 1.54) is 44.1 Å². The van der Waals surface area contributed by atoms with E-state index in [0.29, 0.717) is 32.5 Å². The molecule has 210 valence electrons. The maximum Gasteiger partial charge on any atom is 0.230 e. The minimum Gasteiger partial charge on any atom is -0.376 e. The van der Waals surface area contributed by atoms with Crippen LogP contribution in [-0.4, -0.2) is 86.0 Å². The maximum absolute atomic E-state index is 6.31. The molecule has 9 heteroatoms. The molecule has 38 heavy (non-hydrogen) atoms. The standard InChI is InChI=1S/C29H43ClN4O4/c1-32-22-33(15-7-17-37-27-10-5-6-16-36-27)21-26-28(32)31-29(34(26)20-23-11-13-24(30)14-12-23)38-19-18-35-25-8-3-2-4-9-25/h11-14,21,25,27,29H,2-10,15-20,22H2,1H3. The minimum absolute atomic E-state index is 0.0328. The van der Waals surface area contributed by atoms with Gasteiger partial charge in [-0.05, 0) is 56.2 Å². The fourth-order valence-electron chi connectivity index (χ4n) is 5.60. The summed E-state index contributed by atoms with van der Waals surface area (Å²) in [5, 5.41) is 0.739. The molecule has 1 aliphatic carbocycles. The molecule has 1 aromatic carbocycles. The number of likely N-dealkylation sites (N-methyl/N-ethyl adjacent to an activating group) is 1. The normalized spacial score (nSPS) is 24.4. The van der Waals surface area contributed by atoms with Gasteiger partial charge in [0.2, 0.25) is 6.35 Å². The van der Waals surface area contributed by atoms with Crippen molar-refractivity contribution in [3.8, 4) is 0 Å². The lowest BCUT2D eigenvalue weighted by atomic mass is 9.98. The van der Waals surface area contributed by atoms with Crippen LogP contribution in [0.3, 0.4) is 0 Å². The largest absolute Gasteiger partial charge is 0.376 e. The fraction of sp³-hybridized carbons (Fsp3) is 0.690. The van der Waals surface area contributed by atoms with Gasteiger partial charge in [-0.2, -0.15) is 0 Å². The number of aliphatic imine (C=N–C) groups is 1. The third-order valence-corrected chi connectivity index (χ3v) is 7.90. The van der Waals surface area contributed by atoms with Gasteiger partial charge in [0.05, 0.1) is 38.3 Å². The fourth-order valence-corrected chi connectivity index (χ4v) is 5.73. The number of halogens is 1. The van der Waals surface area contributed by atoms with Gasteiger partial charge in [0.15, 0.2) is 12.1 Å². The Morgan fingerprint density at radius 1 is 0.947 bits per heavy atom. The van der Waals surface area contributed by atoms with Crippen LogP contribution >= 0.6 is 11.6 Å². The van der Waals surface area contributed by atoms with Crippen LogP contribution in [0.25, 0.3) is 0 Å². The lowest BCUT2D eigenvalue weighted by Crippen LogP contribution is -2.44. The highest BCUT2D eigenvalue weighted by Gasteiger charge is 2.36. The Labute approximate surface area is 232 Å². The molecule has 2 unspecified atom stereocenters. The summed E-state index contributed by atoms with van der Waals surface area (Å²) in [5.74, 6) is 0.972. The Morgan fingerprint density at radius 2 is 1.74 bits per heavy atom. The van der Waals surface area contributed by atoms with Crippen LogP contribution in [0.15, 0.2) is 41.2 Å². The average Bonchev–Trinajstić information content (AvgIpc) is 3.29. The monoisotopic (exact) mass is 546 g/mol. The third kappa shape index (κ3) is 7.63. The molecule has 1 saturated heterocycles. The molecule has 5 rings (SSSR count). The molecule has 4 aliphatic rings. The van der Waals surface area contributed by atoms with Gasteiger partial charge in [0.25, 0.3) is 0 Å². The summed E-state index contributed by atoms with van der Waals surface area (Å²) < 4.78 is 24.1. The first-order valence-electron chi connectivity index (χ1n) is 14.4. The number of ether oxygens (including phenoxy) is 4. The Kier molecular flexibility index (Phi) is 10.2. The average molecular weight is 547 g/mol. The second-order valence-electron chi connectivity index (χ2n) is 10.7. The lowest BCUT2D eigenvalue weighted by molar-refractivity contribution is -0.163. The van der Waals surface area contributed by atoms with Crippen molar-refractivity contribution in [3.05, 3.63) is 46.7 Å². The van der Waals surface area contributed by atoms with Crippen molar-refractivity contribution in [1.82, 2.24) is 14.7 Å². The van der Waals surface area contributed by atoms with E-state index in [1.807, 2.05) is 12.1 Å². The molecule has 3 heterocycles. The first-order valence-corrected chi connectivity index (χ1v) is 14.8. The van der Waals surface area contributed by atoms with Crippen molar-refractivity contribution >= 4 is 17.4 Å². The number of hydrogen-bond acceptors (Lipinski definition) is 8. The summed E-state index contributed by atoms with van der Waals surface area (Å²) in [6.45, 7) is 5.03. The van der Waals surface area contributed by atoms with Crippen LogP contribution < -0.4 is 0 Å². The van der Waals surface area contributed by atoms with Gasteiger partial charge < -0.3 is 33.6 Å². The van der Waals surface area contributed by atoms with E-state index in [4.69, 9.17) is 35.5 Å². The first kappa shape index (κ1) is 27.7. The number of hydrogen-bond donors (Lipinski definition) is 0. The minimum atomic E-state index is -0.379. The summed E-state index contributed by atoms with van der Waals surface area (Å²) in [6.07, 6.45) is 12.7. The highest BCUT2D eigenvalue weighted by molar-refractivity contribution is 6.30. The molecule has 0 radical (unpaired) electrons. The van der Waals surface area contributed by atoms with E-state index in [1.54, 1.807) is 0 Å². The van der Waals surface area contributed by atoms with Crippen LogP contribution in [0.2, 0.25) is 5.02 Å². The number of rotatable bonds is 12. The topological polar surface area (TPSA) is 59.0 Å². The SMILES string of the molecule is CN1CN(CCCOC2CCCCO2)C=C2C1=NC(OCCOC1CCCCC1)N2Cc1ccc(Cl)cc1. The molecule has 1 aromatic rings. The zero-order chi connectivity index (χ0) is 26.2. The molecule has 3 aliphatic heterocycles. The number of benzene rings is 1. The van der Waals surface area contributed by atoms with E-state index in [0.717, 1.165) is 55.6 Å². The van der Waals surface area contributed by atoms with Crippen molar-refractivity contribution < 1.29 is 18.9 Å². The molecule has 0 spiro atoms. The van der Waals surface area contributed by atoms with Gasteiger partial charge in [-0.1, -0.05) is 43.0 Å². The van der Waals surface area contributed by atoms with Gasteiger partial charge >= 0.3 is 0 Å². The molecule has 0 N–H and O–H groups in total. The molecule has 1 saturated carbocycles. The van der Waals surface area contributed by atoms with Crippen LogP contribution in [0, 0.1) is 0 Å². The smallest absolute Gasteiger partial charge is 0.230 e. The van der Waals surface area contributed by atoms with E-state index in [9.17, 15) is 0 Å². The summed E-state index contributed by atoms with van der Waals surface area (Å²) in [6, 6.07) is 8.01. The third-order valence-electron chi connectivity index (χ3n) is 7.65. The number of fused-ring (bicyclic) bond motifs is 1. The highest BCUT2D eigenvalue weighted by atomic mass is 35.5. The summed E-state index contributed by atoms with van der Waals surface area (Å²) in [4.78, 5) is 11.8. The summed E-state index contributed by atoms with van der Waals surface area (Å²) >= 11 is 6.15. The van der Waals surface area contributed by atoms with Gasteiger partial charge in [0.1, 0.15) is 0 Å². The van der Waals surface area contributed by atoms with E-state index in [-0.39, 0.29) is 12.6 Å². The lowest BCUT2D eigenvalue weighted by Gasteiger charge is -2.36. The Balaban J connectivity index is 1.19. The van der Waals surface area contributed by atoms with Crippen molar-refractivity contribution in [2.24, 2.45) is 4.99 Å². The van der Waals surface area contributed by atoms with Crippen molar-refractivity contribution in [2.45, 2.75) is 83.1 Å². The Morgan fingerprint density at radius 3 is 2.53 bits per heavy atom. The molecule has 2 fully saturated rings. The zero-order valence-corrected chi connectivity index (χ0v) is 23.5. The predicted octanol–water partition coefficient (Wildman–Crippen LogP) is 5.18.